The van der Waals surface area contributed by atoms with Crippen LogP contribution in [0.3, 0.4) is 0 Å². The van der Waals surface area contributed by atoms with Crippen LogP contribution < -0.4 is 4.90 Å². The molecular weight excluding hydrogens is 707 g/mol. The van der Waals surface area contributed by atoms with E-state index in [1.54, 1.807) is 0 Å². The molecule has 0 amide bonds. The normalized spacial score (nSPS) is 12.0. The summed E-state index contributed by atoms with van der Waals surface area (Å²) in [5.41, 5.74) is 14.1. The number of hydrogen-bond donors (Lipinski definition) is 0. The number of nitrogens with zero attached hydrogens (tertiary/aromatic N) is 5. The lowest BCUT2D eigenvalue weighted by atomic mass is 9.99. The molecule has 1 aliphatic heterocycles. The number of anilines is 3. The van der Waals surface area contributed by atoms with E-state index in [4.69, 9.17) is 15.0 Å². The van der Waals surface area contributed by atoms with Crippen molar-refractivity contribution in [2.45, 2.75) is 0 Å². The standard InChI is InChI=1S/C53H35N5/c1-4-16-37(17-5-1)51-54-52(38-18-6-2-7-19-38)56-53(55-51)42-20-14-23-44(34-42)58-47-25-12-10-15-36(47)27-28-41-33-39(29-31-48(41)58)40-30-32-50-46(35-40)45-24-11-13-26-49(45)57(50)43-21-8-3-9-22-43/h1-35H. The van der Waals surface area contributed by atoms with Gasteiger partial charge in [-0.3, -0.25) is 0 Å². The molecule has 0 saturated carbocycles. The second-order valence-corrected chi connectivity index (χ2v) is 14.5. The Morgan fingerprint density at radius 3 is 1.60 bits per heavy atom. The van der Waals surface area contributed by atoms with Gasteiger partial charge in [0.25, 0.3) is 0 Å². The number of benzene rings is 8. The number of para-hydroxylation sites is 3. The minimum Gasteiger partial charge on any atom is -0.309 e. The van der Waals surface area contributed by atoms with Gasteiger partial charge in [0.15, 0.2) is 17.5 Å². The Labute approximate surface area is 336 Å². The second kappa shape index (κ2) is 14.0. The molecule has 272 valence electrons. The average molecular weight is 742 g/mol. The summed E-state index contributed by atoms with van der Waals surface area (Å²) >= 11 is 0. The molecule has 0 atom stereocenters. The van der Waals surface area contributed by atoms with Crippen LogP contribution in [0.4, 0.5) is 17.1 Å². The highest BCUT2D eigenvalue weighted by Crippen LogP contribution is 2.44. The predicted octanol–water partition coefficient (Wildman–Crippen LogP) is 13.6. The zero-order valence-corrected chi connectivity index (χ0v) is 31.4. The quantitative estimate of drug-likeness (QED) is 0.170. The fourth-order valence-electron chi connectivity index (χ4n) is 8.22. The maximum absolute atomic E-state index is 5.04. The minimum absolute atomic E-state index is 0.621. The number of fused-ring (bicyclic) bond motifs is 5. The molecule has 8 aromatic carbocycles. The Balaban J connectivity index is 1.03. The fourth-order valence-corrected chi connectivity index (χ4v) is 8.22. The summed E-state index contributed by atoms with van der Waals surface area (Å²) in [6.45, 7) is 0. The van der Waals surface area contributed by atoms with Crippen LogP contribution in [-0.2, 0) is 0 Å². The molecule has 0 aliphatic carbocycles. The first-order valence-electron chi connectivity index (χ1n) is 19.5. The van der Waals surface area contributed by atoms with Crippen molar-refractivity contribution in [2.75, 3.05) is 4.90 Å². The van der Waals surface area contributed by atoms with Gasteiger partial charge in [0.05, 0.1) is 22.4 Å². The molecule has 1 aliphatic rings. The Hall–Kier alpha value is -7.89. The van der Waals surface area contributed by atoms with E-state index in [0.717, 1.165) is 56.1 Å². The maximum Gasteiger partial charge on any atom is 0.164 e. The van der Waals surface area contributed by atoms with E-state index in [-0.39, 0.29) is 0 Å². The summed E-state index contributed by atoms with van der Waals surface area (Å²) < 4.78 is 2.36. The summed E-state index contributed by atoms with van der Waals surface area (Å²) in [5, 5.41) is 2.47. The molecule has 10 aromatic rings. The molecule has 0 bridgehead atoms. The topological polar surface area (TPSA) is 46.8 Å². The van der Waals surface area contributed by atoms with Crippen LogP contribution in [0.5, 0.6) is 0 Å². The van der Waals surface area contributed by atoms with Gasteiger partial charge in [0.2, 0.25) is 0 Å². The Morgan fingerprint density at radius 2 is 0.845 bits per heavy atom. The van der Waals surface area contributed by atoms with Crippen molar-refractivity contribution < 1.29 is 0 Å². The smallest absolute Gasteiger partial charge is 0.164 e. The monoisotopic (exact) mass is 741 g/mol. The lowest BCUT2D eigenvalue weighted by Gasteiger charge is -2.28. The number of aromatic nitrogens is 4. The lowest BCUT2D eigenvalue weighted by Crippen LogP contribution is -2.12. The molecule has 0 N–H and O–H groups in total. The van der Waals surface area contributed by atoms with Gasteiger partial charge in [-0.05, 0) is 82.9 Å². The number of hydrogen-bond acceptors (Lipinski definition) is 4. The molecule has 0 saturated heterocycles. The van der Waals surface area contributed by atoms with E-state index in [1.807, 2.05) is 60.7 Å². The van der Waals surface area contributed by atoms with Gasteiger partial charge in [-0.25, -0.2) is 15.0 Å². The van der Waals surface area contributed by atoms with Crippen molar-refractivity contribution in [3.63, 3.8) is 0 Å². The molecule has 0 spiro atoms. The highest BCUT2D eigenvalue weighted by Gasteiger charge is 2.22. The van der Waals surface area contributed by atoms with Crippen LogP contribution in [0.15, 0.2) is 200 Å². The first-order chi connectivity index (χ1) is 28.7. The van der Waals surface area contributed by atoms with Gasteiger partial charge in [0, 0.05) is 38.8 Å². The van der Waals surface area contributed by atoms with Crippen LogP contribution in [0.2, 0.25) is 0 Å². The third-order valence-corrected chi connectivity index (χ3v) is 11.0. The fraction of sp³-hybridized carbons (Fsp3) is 0. The largest absolute Gasteiger partial charge is 0.309 e. The molecule has 0 fully saturated rings. The molecule has 2 aromatic heterocycles. The van der Waals surface area contributed by atoms with Gasteiger partial charge in [-0.1, -0.05) is 152 Å². The third kappa shape index (κ3) is 5.85. The first-order valence-corrected chi connectivity index (χ1v) is 19.5. The highest BCUT2D eigenvalue weighted by molar-refractivity contribution is 6.10. The summed E-state index contributed by atoms with van der Waals surface area (Å²) in [6, 6.07) is 70.3. The van der Waals surface area contributed by atoms with Crippen molar-refractivity contribution in [3.8, 4) is 51.0 Å². The van der Waals surface area contributed by atoms with E-state index >= 15 is 0 Å². The zero-order chi connectivity index (χ0) is 38.4. The van der Waals surface area contributed by atoms with Gasteiger partial charge in [-0.15, -0.1) is 0 Å². The van der Waals surface area contributed by atoms with E-state index in [0.29, 0.717) is 17.5 Å². The highest BCUT2D eigenvalue weighted by atomic mass is 15.1. The molecule has 0 unspecified atom stereocenters. The Bertz CT molecular complexity index is 3110. The van der Waals surface area contributed by atoms with E-state index in [9.17, 15) is 0 Å². The van der Waals surface area contributed by atoms with E-state index < -0.39 is 0 Å². The second-order valence-electron chi connectivity index (χ2n) is 14.5. The van der Waals surface area contributed by atoms with Crippen molar-refractivity contribution in [3.05, 3.63) is 211 Å². The van der Waals surface area contributed by atoms with E-state index in [1.165, 1.54) is 27.4 Å². The van der Waals surface area contributed by atoms with Crippen molar-refractivity contribution in [2.24, 2.45) is 0 Å². The summed E-state index contributed by atoms with van der Waals surface area (Å²) in [7, 11) is 0. The Morgan fingerprint density at radius 1 is 0.310 bits per heavy atom. The van der Waals surface area contributed by atoms with Crippen LogP contribution in [0.25, 0.3) is 84.9 Å². The third-order valence-electron chi connectivity index (χ3n) is 11.0. The van der Waals surface area contributed by atoms with Gasteiger partial charge < -0.3 is 9.47 Å². The SMILES string of the molecule is C1=Cc2cc(-c3ccc4c(c3)c3ccccc3n4-c3ccccc3)ccc2N(c2cccc(-c3nc(-c4ccccc4)nc(-c4ccccc4)n3)c2)c2ccccc21. The minimum atomic E-state index is 0.621. The molecule has 0 radical (unpaired) electrons. The summed E-state index contributed by atoms with van der Waals surface area (Å²) in [5.74, 6) is 1.90. The predicted molar refractivity (Wildman–Crippen MR) is 240 cm³/mol. The number of rotatable bonds is 6. The molecule has 11 rings (SSSR count). The van der Waals surface area contributed by atoms with Gasteiger partial charge >= 0.3 is 0 Å². The van der Waals surface area contributed by atoms with Crippen molar-refractivity contribution in [1.29, 1.82) is 0 Å². The lowest BCUT2D eigenvalue weighted by molar-refractivity contribution is 1.07. The van der Waals surface area contributed by atoms with Gasteiger partial charge in [-0.2, -0.15) is 0 Å². The average Bonchev–Trinajstić information content (AvgIpc) is 3.53. The molecule has 5 nitrogen and oxygen atoms in total. The molecule has 3 heterocycles. The van der Waals surface area contributed by atoms with Crippen LogP contribution in [-0.4, -0.2) is 19.5 Å². The Kier molecular flexibility index (Phi) is 8.07. The van der Waals surface area contributed by atoms with E-state index in [2.05, 4.69) is 161 Å². The van der Waals surface area contributed by atoms with Gasteiger partial charge in [0.1, 0.15) is 0 Å². The molecule has 58 heavy (non-hydrogen) atoms. The van der Waals surface area contributed by atoms with Crippen LogP contribution in [0.1, 0.15) is 11.1 Å². The molecular formula is C53H35N5. The van der Waals surface area contributed by atoms with Crippen molar-refractivity contribution in [1.82, 2.24) is 19.5 Å². The molecule has 5 heteroatoms. The van der Waals surface area contributed by atoms with Crippen LogP contribution in [0, 0.1) is 0 Å². The maximum atomic E-state index is 5.04. The first kappa shape index (κ1) is 33.4. The van der Waals surface area contributed by atoms with Crippen molar-refractivity contribution >= 4 is 51.0 Å². The zero-order valence-electron chi connectivity index (χ0n) is 31.4. The van der Waals surface area contributed by atoms with Crippen LogP contribution >= 0.6 is 0 Å². The summed E-state index contributed by atoms with van der Waals surface area (Å²) in [6.07, 6.45) is 4.47. The summed E-state index contributed by atoms with van der Waals surface area (Å²) in [4.78, 5) is 17.4.